The van der Waals surface area contributed by atoms with Crippen LogP contribution >= 0.6 is 0 Å². The maximum atomic E-state index is 14.8. The molecule has 2 aromatic carbocycles. The van der Waals surface area contributed by atoms with Gasteiger partial charge >= 0.3 is 6.18 Å². The summed E-state index contributed by atoms with van der Waals surface area (Å²) < 4.78 is 63.8. The predicted molar refractivity (Wildman–Crippen MR) is 163 cm³/mol. The first-order valence-corrected chi connectivity index (χ1v) is 14.2. The maximum absolute atomic E-state index is 14.8. The second-order valence-electron chi connectivity index (χ2n) is 11.2. The first kappa shape index (κ1) is 31.4. The third-order valence-electron chi connectivity index (χ3n) is 8.03. The zero-order valence-electron chi connectivity index (χ0n) is 24.6. The highest BCUT2D eigenvalue weighted by Gasteiger charge is 2.57. The van der Waals surface area contributed by atoms with Crippen molar-refractivity contribution in [1.29, 1.82) is 0 Å². The summed E-state index contributed by atoms with van der Waals surface area (Å²) >= 11 is 0. The first-order chi connectivity index (χ1) is 22.3. The van der Waals surface area contributed by atoms with Gasteiger partial charge in [-0.25, -0.2) is 14.4 Å². The van der Waals surface area contributed by atoms with Crippen LogP contribution in [0.2, 0.25) is 0 Å². The van der Waals surface area contributed by atoms with Crippen molar-refractivity contribution in [2.45, 2.75) is 24.1 Å². The topological polar surface area (TPSA) is 152 Å². The number of nitrogens with one attached hydrogen (secondary N) is 2. The SMILES string of the molecule is C[C@]1(C(N)=O)COc2c1cc([C@@](O)(CNC(=O)c1cc(Nc3ccccn3)c3ncccc3c1)C(F)(F)F)nc2-c1ccc(F)cc1. The van der Waals surface area contributed by atoms with E-state index >= 15 is 0 Å². The van der Waals surface area contributed by atoms with Gasteiger partial charge in [0.25, 0.3) is 5.91 Å². The number of benzene rings is 2. The number of nitrogens with zero attached hydrogens (tertiary/aromatic N) is 3. The standard InChI is InChI=1S/C33H26F4N6O4/c1-31(30(38)45)17-47-28-22(31)15-24(43-27(28)18-7-9-21(34)10-8-18)32(46,33(35,36)37)16-41-29(44)20-13-19-5-4-12-40-26(19)23(14-20)42-25-6-2-3-11-39-25/h2-15,46H,16-17H2,1H3,(H2,38,45)(H,39,42)(H,41,44)/t31-,32-/m0/s1. The third-order valence-corrected chi connectivity index (χ3v) is 8.03. The molecular weight excluding hydrogens is 620 g/mol. The smallest absolute Gasteiger partial charge is 0.424 e. The summed E-state index contributed by atoms with van der Waals surface area (Å²) in [6, 6.07) is 16.9. The molecule has 5 N–H and O–H groups in total. The number of ether oxygens (including phenoxy) is 1. The van der Waals surface area contributed by atoms with Crippen molar-refractivity contribution in [3.8, 4) is 17.0 Å². The van der Waals surface area contributed by atoms with Gasteiger partial charge in [0, 0.05) is 34.5 Å². The number of carbonyl (C=O) groups excluding carboxylic acids is 2. The largest absolute Gasteiger partial charge is 0.489 e. The number of pyridine rings is 3. The molecule has 0 radical (unpaired) electrons. The molecule has 6 rings (SSSR count). The number of hydrogen-bond donors (Lipinski definition) is 4. The lowest BCUT2D eigenvalue weighted by Crippen LogP contribution is -2.51. The van der Waals surface area contributed by atoms with Crippen LogP contribution in [0.5, 0.6) is 5.75 Å². The molecule has 47 heavy (non-hydrogen) atoms. The lowest BCUT2D eigenvalue weighted by Gasteiger charge is -2.31. The van der Waals surface area contributed by atoms with E-state index in [2.05, 4.69) is 25.6 Å². The molecule has 2 atom stereocenters. The highest BCUT2D eigenvalue weighted by atomic mass is 19.4. The minimum atomic E-state index is -5.37. The molecule has 0 saturated heterocycles. The van der Waals surface area contributed by atoms with Gasteiger partial charge in [-0.05, 0) is 67.6 Å². The number of anilines is 2. The van der Waals surface area contributed by atoms with E-state index in [9.17, 15) is 32.3 Å². The monoisotopic (exact) mass is 646 g/mol. The molecule has 0 unspecified atom stereocenters. The van der Waals surface area contributed by atoms with Crippen LogP contribution in [0.1, 0.15) is 28.5 Å². The second kappa shape index (κ2) is 11.6. The summed E-state index contributed by atoms with van der Waals surface area (Å²) in [5.41, 5.74) is 0.121. The normalized spacial score (nSPS) is 17.0. The van der Waals surface area contributed by atoms with Crippen molar-refractivity contribution >= 4 is 34.2 Å². The van der Waals surface area contributed by atoms with Crippen molar-refractivity contribution in [2.75, 3.05) is 18.5 Å². The number of aliphatic hydroxyl groups is 1. The predicted octanol–water partition coefficient (Wildman–Crippen LogP) is 4.89. The molecule has 0 fully saturated rings. The number of primary amides is 1. The van der Waals surface area contributed by atoms with Crippen LogP contribution in [-0.4, -0.2) is 51.2 Å². The van der Waals surface area contributed by atoms with Gasteiger partial charge in [-0.15, -0.1) is 0 Å². The minimum Gasteiger partial charge on any atom is -0.489 e. The highest BCUT2D eigenvalue weighted by molar-refractivity contribution is 6.02. The van der Waals surface area contributed by atoms with E-state index in [0.717, 1.165) is 18.2 Å². The van der Waals surface area contributed by atoms with E-state index in [1.165, 1.54) is 31.2 Å². The number of fused-ring (bicyclic) bond motifs is 2. The lowest BCUT2D eigenvalue weighted by molar-refractivity contribution is -0.265. The Balaban J connectivity index is 1.40. The van der Waals surface area contributed by atoms with Gasteiger partial charge in [-0.3, -0.25) is 14.6 Å². The van der Waals surface area contributed by atoms with Gasteiger partial charge in [0.2, 0.25) is 11.5 Å². The molecule has 2 amide bonds. The first-order valence-electron chi connectivity index (χ1n) is 14.2. The van der Waals surface area contributed by atoms with Crippen molar-refractivity contribution in [3.63, 3.8) is 0 Å². The zero-order chi connectivity index (χ0) is 33.6. The molecule has 0 saturated carbocycles. The molecular formula is C33H26F4N6O4. The fraction of sp³-hybridized carbons (Fsp3) is 0.182. The fourth-order valence-electron chi connectivity index (χ4n) is 5.24. The Hall–Kier alpha value is -5.63. The van der Waals surface area contributed by atoms with Crippen molar-refractivity contribution in [3.05, 3.63) is 108 Å². The molecule has 14 heteroatoms. The van der Waals surface area contributed by atoms with Gasteiger partial charge in [0.1, 0.15) is 35.1 Å². The molecule has 4 heterocycles. The third kappa shape index (κ3) is 5.67. The Morgan fingerprint density at radius 3 is 2.45 bits per heavy atom. The number of rotatable bonds is 8. The van der Waals surface area contributed by atoms with Crippen LogP contribution in [-0.2, 0) is 15.8 Å². The Kier molecular flexibility index (Phi) is 7.76. The Morgan fingerprint density at radius 1 is 1.02 bits per heavy atom. The summed E-state index contributed by atoms with van der Waals surface area (Å²) in [7, 11) is 0. The Morgan fingerprint density at radius 2 is 1.77 bits per heavy atom. The van der Waals surface area contributed by atoms with E-state index in [-0.39, 0.29) is 34.7 Å². The molecule has 3 aromatic heterocycles. The fourth-order valence-corrected chi connectivity index (χ4v) is 5.24. The van der Waals surface area contributed by atoms with E-state index in [4.69, 9.17) is 10.5 Å². The van der Waals surface area contributed by atoms with E-state index in [1.54, 1.807) is 42.7 Å². The number of aromatic nitrogens is 3. The number of halogens is 4. The van der Waals surface area contributed by atoms with Gasteiger partial charge in [-0.1, -0.05) is 12.1 Å². The summed E-state index contributed by atoms with van der Waals surface area (Å²) in [6.45, 7) is -0.269. The van der Waals surface area contributed by atoms with Crippen molar-refractivity contribution < 1.29 is 37.0 Å². The van der Waals surface area contributed by atoms with Gasteiger partial charge in [-0.2, -0.15) is 13.2 Å². The average molecular weight is 647 g/mol. The Bertz CT molecular complexity index is 2010. The van der Waals surface area contributed by atoms with Gasteiger partial charge in [0.15, 0.2) is 0 Å². The van der Waals surface area contributed by atoms with E-state index in [0.29, 0.717) is 22.4 Å². The summed E-state index contributed by atoms with van der Waals surface area (Å²) in [5, 5.41) is 17.1. The van der Waals surface area contributed by atoms with E-state index < -0.39 is 47.1 Å². The van der Waals surface area contributed by atoms with Crippen molar-refractivity contribution in [1.82, 2.24) is 20.3 Å². The number of hydrogen-bond acceptors (Lipinski definition) is 8. The van der Waals surface area contributed by atoms with Crippen LogP contribution in [0.15, 0.2) is 85.2 Å². The zero-order valence-corrected chi connectivity index (χ0v) is 24.6. The Labute approximate surface area is 264 Å². The van der Waals surface area contributed by atoms with Crippen molar-refractivity contribution in [2.24, 2.45) is 5.73 Å². The van der Waals surface area contributed by atoms with Crippen LogP contribution in [0.25, 0.3) is 22.2 Å². The number of nitrogens with two attached hydrogens (primary N) is 1. The quantitative estimate of drug-likeness (QED) is 0.174. The molecule has 10 nitrogen and oxygen atoms in total. The van der Waals surface area contributed by atoms with Crippen LogP contribution in [0.4, 0.5) is 29.1 Å². The number of alkyl halides is 3. The van der Waals surface area contributed by atoms with Gasteiger partial charge in [0.05, 0.1) is 23.4 Å². The highest BCUT2D eigenvalue weighted by Crippen LogP contribution is 2.47. The van der Waals surface area contributed by atoms with Gasteiger partial charge < -0.3 is 26.2 Å². The van der Waals surface area contributed by atoms with Crippen LogP contribution < -0.4 is 21.1 Å². The summed E-state index contributed by atoms with van der Waals surface area (Å²) in [6.07, 6.45) is -2.27. The minimum absolute atomic E-state index is 0.0305. The number of amides is 2. The maximum Gasteiger partial charge on any atom is 0.424 e. The van der Waals surface area contributed by atoms with E-state index in [1.807, 2.05) is 0 Å². The molecule has 0 aliphatic carbocycles. The second-order valence-corrected chi connectivity index (χ2v) is 11.2. The molecule has 1 aliphatic rings. The average Bonchev–Trinajstić information content (AvgIpc) is 3.41. The summed E-state index contributed by atoms with van der Waals surface area (Å²) in [5.74, 6) is -2.03. The molecule has 5 aromatic rings. The van der Waals surface area contributed by atoms with Crippen LogP contribution in [0.3, 0.4) is 0 Å². The molecule has 1 aliphatic heterocycles. The molecule has 0 spiro atoms. The van der Waals surface area contributed by atoms with Crippen LogP contribution in [0, 0.1) is 5.82 Å². The summed E-state index contributed by atoms with van der Waals surface area (Å²) in [4.78, 5) is 38.5. The lowest BCUT2D eigenvalue weighted by atomic mass is 9.81. The number of carbonyl (C=O) groups is 2. The molecule has 240 valence electrons. The molecule has 0 bridgehead atoms.